The Morgan fingerprint density at radius 3 is 2.80 bits per heavy atom. The highest BCUT2D eigenvalue weighted by molar-refractivity contribution is 6.30. The van der Waals surface area contributed by atoms with Crippen molar-refractivity contribution in [1.82, 2.24) is 4.98 Å². The predicted octanol–water partition coefficient (Wildman–Crippen LogP) is 2.99. The zero-order chi connectivity index (χ0) is 14.7. The standard InChI is InChI=1S/C13H11ClFN3O2/c1-20-13(19)11-3-2-10(16)12(18-11)17-9-5-7(14)4-8(15)6-9/h2-6H,16H2,1H3,(H,17,18). The number of nitrogens with one attached hydrogen (secondary N) is 1. The summed E-state index contributed by atoms with van der Waals surface area (Å²) in [6, 6.07) is 6.86. The molecule has 0 bridgehead atoms. The van der Waals surface area contributed by atoms with Crippen LogP contribution in [0.2, 0.25) is 5.02 Å². The molecule has 0 aliphatic heterocycles. The lowest BCUT2D eigenvalue weighted by molar-refractivity contribution is 0.0594. The molecule has 0 fully saturated rings. The summed E-state index contributed by atoms with van der Waals surface area (Å²) in [6.07, 6.45) is 0. The van der Waals surface area contributed by atoms with Crippen LogP contribution in [-0.4, -0.2) is 18.1 Å². The van der Waals surface area contributed by atoms with E-state index in [0.29, 0.717) is 11.4 Å². The summed E-state index contributed by atoms with van der Waals surface area (Å²) in [4.78, 5) is 15.4. The van der Waals surface area contributed by atoms with Crippen LogP contribution in [0, 0.1) is 5.82 Å². The molecule has 20 heavy (non-hydrogen) atoms. The van der Waals surface area contributed by atoms with Crippen LogP contribution in [0.15, 0.2) is 30.3 Å². The molecule has 0 aliphatic carbocycles. The van der Waals surface area contributed by atoms with E-state index in [1.807, 2.05) is 0 Å². The van der Waals surface area contributed by atoms with Gasteiger partial charge in [0.15, 0.2) is 11.5 Å². The monoisotopic (exact) mass is 295 g/mol. The molecule has 3 N–H and O–H groups in total. The Balaban J connectivity index is 2.34. The first-order chi connectivity index (χ1) is 9.49. The van der Waals surface area contributed by atoms with Crippen LogP contribution in [-0.2, 0) is 4.74 Å². The lowest BCUT2D eigenvalue weighted by atomic mass is 10.3. The van der Waals surface area contributed by atoms with Crippen molar-refractivity contribution in [3.8, 4) is 0 Å². The number of hydrogen-bond acceptors (Lipinski definition) is 5. The molecule has 0 aliphatic rings. The lowest BCUT2D eigenvalue weighted by Gasteiger charge is -2.10. The fourth-order valence-electron chi connectivity index (χ4n) is 1.55. The molecule has 0 saturated heterocycles. The first kappa shape index (κ1) is 14.1. The molecule has 0 atom stereocenters. The molecule has 0 amide bonds. The van der Waals surface area contributed by atoms with E-state index in [2.05, 4.69) is 15.0 Å². The number of rotatable bonds is 3. The third-order valence-electron chi connectivity index (χ3n) is 2.45. The van der Waals surface area contributed by atoms with E-state index in [4.69, 9.17) is 17.3 Å². The van der Waals surface area contributed by atoms with Crippen molar-refractivity contribution < 1.29 is 13.9 Å². The molecule has 1 aromatic carbocycles. The maximum atomic E-state index is 13.2. The van der Waals surface area contributed by atoms with Gasteiger partial charge in [0.25, 0.3) is 0 Å². The Morgan fingerprint density at radius 2 is 2.15 bits per heavy atom. The number of pyridine rings is 1. The van der Waals surface area contributed by atoms with E-state index >= 15 is 0 Å². The molecule has 1 heterocycles. The molecule has 0 unspecified atom stereocenters. The van der Waals surface area contributed by atoms with Gasteiger partial charge >= 0.3 is 5.97 Å². The van der Waals surface area contributed by atoms with Crippen molar-refractivity contribution in [2.24, 2.45) is 0 Å². The number of anilines is 3. The van der Waals surface area contributed by atoms with Gasteiger partial charge in [-0.25, -0.2) is 14.2 Å². The number of nitrogens with two attached hydrogens (primary N) is 1. The van der Waals surface area contributed by atoms with Crippen molar-refractivity contribution in [1.29, 1.82) is 0 Å². The molecule has 0 spiro atoms. The Morgan fingerprint density at radius 1 is 1.40 bits per heavy atom. The van der Waals surface area contributed by atoms with Gasteiger partial charge in [0.05, 0.1) is 12.8 Å². The molecular formula is C13H11ClFN3O2. The molecule has 2 aromatic rings. The minimum Gasteiger partial charge on any atom is -0.464 e. The number of hydrogen-bond donors (Lipinski definition) is 2. The number of methoxy groups -OCH3 is 1. The van der Waals surface area contributed by atoms with Crippen LogP contribution < -0.4 is 11.1 Å². The maximum Gasteiger partial charge on any atom is 0.356 e. The van der Waals surface area contributed by atoms with E-state index < -0.39 is 11.8 Å². The van der Waals surface area contributed by atoms with E-state index in [1.165, 1.54) is 37.4 Å². The largest absolute Gasteiger partial charge is 0.464 e. The zero-order valence-corrected chi connectivity index (χ0v) is 11.2. The third kappa shape index (κ3) is 3.16. The fourth-order valence-corrected chi connectivity index (χ4v) is 1.77. The topological polar surface area (TPSA) is 77.2 Å². The Bertz CT molecular complexity index is 644. The van der Waals surface area contributed by atoms with Crippen molar-refractivity contribution in [3.05, 3.63) is 46.9 Å². The van der Waals surface area contributed by atoms with Gasteiger partial charge in [-0.2, -0.15) is 0 Å². The van der Waals surface area contributed by atoms with Crippen LogP contribution >= 0.6 is 11.6 Å². The number of aromatic nitrogens is 1. The smallest absolute Gasteiger partial charge is 0.356 e. The van der Waals surface area contributed by atoms with Crippen molar-refractivity contribution in [2.45, 2.75) is 0 Å². The van der Waals surface area contributed by atoms with Crippen molar-refractivity contribution in [3.63, 3.8) is 0 Å². The highest BCUT2D eigenvalue weighted by Gasteiger charge is 2.11. The minimum atomic E-state index is -0.592. The van der Waals surface area contributed by atoms with Gasteiger partial charge in [0, 0.05) is 10.7 Å². The molecule has 5 nitrogen and oxygen atoms in total. The number of nitrogen functional groups attached to an aromatic ring is 1. The second-order valence-electron chi connectivity index (χ2n) is 3.91. The summed E-state index contributed by atoms with van der Waals surface area (Å²) >= 11 is 5.75. The summed E-state index contributed by atoms with van der Waals surface area (Å²) in [7, 11) is 1.25. The fraction of sp³-hybridized carbons (Fsp3) is 0.0769. The minimum absolute atomic E-state index is 0.0895. The van der Waals surface area contributed by atoms with E-state index in [0.717, 1.165) is 0 Å². The van der Waals surface area contributed by atoms with E-state index in [-0.39, 0.29) is 16.5 Å². The molecule has 0 radical (unpaired) electrons. The number of nitrogens with zero attached hydrogens (tertiary/aromatic N) is 1. The summed E-state index contributed by atoms with van der Waals surface area (Å²) < 4.78 is 17.8. The molecule has 2 rings (SSSR count). The van der Waals surface area contributed by atoms with Crippen LogP contribution in [0.3, 0.4) is 0 Å². The van der Waals surface area contributed by atoms with Gasteiger partial charge in [0.2, 0.25) is 0 Å². The first-order valence-corrected chi connectivity index (χ1v) is 5.95. The summed E-state index contributed by atoms with van der Waals surface area (Å²) in [6.45, 7) is 0. The lowest BCUT2D eigenvalue weighted by Crippen LogP contribution is -2.08. The van der Waals surface area contributed by atoms with Crippen molar-refractivity contribution in [2.75, 3.05) is 18.2 Å². The normalized spacial score (nSPS) is 10.2. The summed E-state index contributed by atoms with van der Waals surface area (Å²) in [5, 5.41) is 3.04. The molecule has 7 heteroatoms. The number of halogens is 2. The van der Waals surface area contributed by atoms with Crippen LogP contribution in [0.1, 0.15) is 10.5 Å². The number of carbonyl (C=O) groups is 1. The number of benzene rings is 1. The highest BCUT2D eigenvalue weighted by Crippen LogP contribution is 2.24. The Hall–Kier alpha value is -2.34. The van der Waals surface area contributed by atoms with Crippen LogP contribution in [0.5, 0.6) is 0 Å². The zero-order valence-electron chi connectivity index (χ0n) is 10.5. The summed E-state index contributed by atoms with van der Waals surface area (Å²) in [5.74, 6) is -0.873. The highest BCUT2D eigenvalue weighted by atomic mass is 35.5. The van der Waals surface area contributed by atoms with Gasteiger partial charge in [-0.3, -0.25) is 0 Å². The SMILES string of the molecule is COC(=O)c1ccc(N)c(Nc2cc(F)cc(Cl)c2)n1. The van der Waals surface area contributed by atoms with Gasteiger partial charge in [-0.15, -0.1) is 0 Å². The first-order valence-electron chi connectivity index (χ1n) is 5.57. The van der Waals surface area contributed by atoms with Gasteiger partial charge in [0.1, 0.15) is 5.82 Å². The van der Waals surface area contributed by atoms with Crippen LogP contribution in [0.4, 0.5) is 21.6 Å². The van der Waals surface area contributed by atoms with Gasteiger partial charge < -0.3 is 15.8 Å². The second kappa shape index (κ2) is 5.75. The number of esters is 1. The predicted molar refractivity (Wildman–Crippen MR) is 74.7 cm³/mol. The number of carbonyl (C=O) groups excluding carboxylic acids is 1. The van der Waals surface area contributed by atoms with E-state index in [9.17, 15) is 9.18 Å². The van der Waals surface area contributed by atoms with Gasteiger partial charge in [-0.1, -0.05) is 11.6 Å². The van der Waals surface area contributed by atoms with Crippen LogP contribution in [0.25, 0.3) is 0 Å². The second-order valence-corrected chi connectivity index (χ2v) is 4.35. The summed E-state index contributed by atoms with van der Waals surface area (Å²) in [5.41, 5.74) is 6.52. The average Bonchev–Trinajstić information content (AvgIpc) is 2.39. The number of ether oxygens (including phenoxy) is 1. The van der Waals surface area contributed by atoms with Gasteiger partial charge in [-0.05, 0) is 30.3 Å². The van der Waals surface area contributed by atoms with Crippen molar-refractivity contribution >= 4 is 34.8 Å². The molecular weight excluding hydrogens is 285 g/mol. The Labute approximate surface area is 119 Å². The molecule has 1 aromatic heterocycles. The Kier molecular flexibility index (Phi) is 4.05. The average molecular weight is 296 g/mol. The third-order valence-corrected chi connectivity index (χ3v) is 2.66. The quantitative estimate of drug-likeness (QED) is 0.851. The molecule has 104 valence electrons. The van der Waals surface area contributed by atoms with E-state index in [1.54, 1.807) is 0 Å². The maximum absolute atomic E-state index is 13.2. The molecule has 0 saturated carbocycles.